The molecule has 15 heteroatoms. The van der Waals surface area contributed by atoms with E-state index in [1.165, 1.54) is 13.2 Å². The van der Waals surface area contributed by atoms with Gasteiger partial charge < -0.3 is 24.8 Å². The molecule has 2 N–H and O–H groups in total. The Balaban J connectivity index is 1.32. The fourth-order valence-corrected chi connectivity index (χ4v) is 7.19. The standard InChI is InChI=1S/C33H35F7N2O6/c1-3-47-31(45)16-6-8-22(9-7-16)48-26-14-23(25(46-2)15-24(26)34)29(43)42-28-18-5-4-17(10-18)27(28)30(44)41-21-12-19(32(35,36)37)11-20(13-21)33(38,39)40/h11-18,22,27-28H,3-10H2,1-2H3,(H,41,44)(H,42,43). The second-order valence-electron chi connectivity index (χ2n) is 12.5. The van der Waals surface area contributed by atoms with Crippen molar-refractivity contribution in [1.29, 1.82) is 0 Å². The van der Waals surface area contributed by atoms with Gasteiger partial charge in [0, 0.05) is 17.8 Å². The quantitative estimate of drug-likeness (QED) is 0.214. The van der Waals surface area contributed by atoms with E-state index in [1.807, 2.05) is 0 Å². The molecular weight excluding hydrogens is 653 g/mol. The Bertz CT molecular complexity index is 1510. The van der Waals surface area contributed by atoms with E-state index in [9.17, 15) is 40.7 Å². The van der Waals surface area contributed by atoms with Crippen LogP contribution in [0, 0.1) is 29.5 Å². The Labute approximate surface area is 271 Å². The normalized spacial score (nSPS) is 25.4. The number of esters is 1. The average Bonchev–Trinajstić information content (AvgIpc) is 3.63. The molecule has 8 nitrogen and oxygen atoms in total. The summed E-state index contributed by atoms with van der Waals surface area (Å²) in [6.45, 7) is 1.99. The number of fused-ring (bicyclic) bond motifs is 2. The monoisotopic (exact) mass is 688 g/mol. The van der Waals surface area contributed by atoms with Gasteiger partial charge in [-0.1, -0.05) is 0 Å². The van der Waals surface area contributed by atoms with Crippen LogP contribution in [0.2, 0.25) is 0 Å². The van der Waals surface area contributed by atoms with Gasteiger partial charge in [-0.15, -0.1) is 0 Å². The van der Waals surface area contributed by atoms with Crippen LogP contribution in [0.3, 0.4) is 0 Å². The van der Waals surface area contributed by atoms with Crippen LogP contribution in [0.4, 0.5) is 36.4 Å². The summed E-state index contributed by atoms with van der Waals surface area (Å²) in [5, 5.41) is 5.03. The number of ether oxygens (including phenoxy) is 3. The molecule has 0 aliphatic heterocycles. The first-order chi connectivity index (χ1) is 22.6. The summed E-state index contributed by atoms with van der Waals surface area (Å²) in [6, 6.07) is 2.21. The van der Waals surface area contributed by atoms with E-state index in [2.05, 4.69) is 10.6 Å². The lowest BCUT2D eigenvalue weighted by Crippen LogP contribution is -2.48. The summed E-state index contributed by atoms with van der Waals surface area (Å²) in [4.78, 5) is 39.1. The molecule has 2 bridgehead atoms. The molecule has 3 saturated carbocycles. The molecule has 3 aliphatic carbocycles. The third kappa shape index (κ3) is 7.64. The fourth-order valence-electron chi connectivity index (χ4n) is 7.19. The average molecular weight is 689 g/mol. The molecule has 3 aliphatic rings. The number of methoxy groups -OCH3 is 1. The number of amides is 2. The molecule has 4 unspecified atom stereocenters. The van der Waals surface area contributed by atoms with Crippen molar-refractivity contribution < 1.29 is 59.3 Å². The van der Waals surface area contributed by atoms with Crippen LogP contribution < -0.4 is 20.1 Å². The predicted molar refractivity (Wildman–Crippen MR) is 157 cm³/mol. The maximum atomic E-state index is 15.0. The molecule has 48 heavy (non-hydrogen) atoms. The van der Waals surface area contributed by atoms with Crippen molar-refractivity contribution in [2.24, 2.45) is 23.7 Å². The SMILES string of the molecule is CCOC(=O)C1CCC(Oc2cc(C(=O)NC3C4CCC(C4)C3C(=O)Nc3cc(C(F)(F)F)cc(C(F)(F)F)c3)c(OC)cc2F)CC1. The lowest BCUT2D eigenvalue weighted by Gasteiger charge is -2.31. The van der Waals surface area contributed by atoms with Gasteiger partial charge >= 0.3 is 18.3 Å². The van der Waals surface area contributed by atoms with E-state index in [1.54, 1.807) is 6.92 Å². The van der Waals surface area contributed by atoms with E-state index in [4.69, 9.17) is 14.2 Å². The number of carbonyl (C=O) groups excluding carboxylic acids is 3. The highest BCUT2D eigenvalue weighted by molar-refractivity contribution is 5.99. The number of hydrogen-bond acceptors (Lipinski definition) is 6. The lowest BCUT2D eigenvalue weighted by molar-refractivity contribution is -0.149. The highest BCUT2D eigenvalue weighted by Crippen LogP contribution is 2.49. The molecule has 0 aromatic heterocycles. The maximum Gasteiger partial charge on any atom is 0.416 e. The molecule has 2 amide bonds. The van der Waals surface area contributed by atoms with Crippen molar-refractivity contribution in [3.05, 3.63) is 52.8 Å². The van der Waals surface area contributed by atoms with Gasteiger partial charge in [0.1, 0.15) is 5.75 Å². The molecule has 2 aromatic carbocycles. The molecule has 0 spiro atoms. The van der Waals surface area contributed by atoms with Gasteiger partial charge in [-0.2, -0.15) is 26.3 Å². The molecule has 262 valence electrons. The number of hydrogen-bond donors (Lipinski definition) is 2. The van der Waals surface area contributed by atoms with Crippen molar-refractivity contribution in [3.63, 3.8) is 0 Å². The number of benzene rings is 2. The van der Waals surface area contributed by atoms with Crippen molar-refractivity contribution in [2.75, 3.05) is 19.0 Å². The van der Waals surface area contributed by atoms with Crippen LogP contribution in [-0.2, 0) is 26.7 Å². The third-order valence-corrected chi connectivity index (χ3v) is 9.46. The number of halogens is 7. The highest BCUT2D eigenvalue weighted by Gasteiger charge is 2.51. The van der Waals surface area contributed by atoms with Crippen LogP contribution in [0.1, 0.15) is 73.4 Å². The van der Waals surface area contributed by atoms with Gasteiger partial charge in [0.2, 0.25) is 5.91 Å². The second kappa shape index (κ2) is 13.8. The van der Waals surface area contributed by atoms with Gasteiger partial charge in [-0.3, -0.25) is 14.4 Å². The smallest absolute Gasteiger partial charge is 0.416 e. The Morgan fingerprint density at radius 3 is 2.04 bits per heavy atom. The van der Waals surface area contributed by atoms with E-state index in [0.29, 0.717) is 57.1 Å². The molecule has 3 fully saturated rings. The Hall–Kier alpha value is -4.04. The summed E-state index contributed by atoms with van der Waals surface area (Å²) >= 11 is 0. The molecule has 0 saturated heterocycles. The van der Waals surface area contributed by atoms with Gasteiger partial charge in [-0.05, 0) is 88.0 Å². The summed E-state index contributed by atoms with van der Waals surface area (Å²) in [6.07, 6.45) is -6.99. The molecule has 0 radical (unpaired) electrons. The van der Waals surface area contributed by atoms with Crippen molar-refractivity contribution >= 4 is 23.5 Å². The topological polar surface area (TPSA) is 103 Å². The predicted octanol–water partition coefficient (Wildman–Crippen LogP) is 7.16. The lowest BCUT2D eigenvalue weighted by atomic mass is 9.83. The van der Waals surface area contributed by atoms with Crippen LogP contribution in [-0.4, -0.2) is 43.6 Å². The number of nitrogens with one attached hydrogen (secondary N) is 2. The molecule has 5 rings (SSSR count). The number of carbonyl (C=O) groups is 3. The highest BCUT2D eigenvalue weighted by atomic mass is 19.4. The summed E-state index contributed by atoms with van der Waals surface area (Å²) in [7, 11) is 1.24. The van der Waals surface area contributed by atoms with Crippen molar-refractivity contribution in [1.82, 2.24) is 5.32 Å². The Morgan fingerprint density at radius 2 is 1.46 bits per heavy atom. The zero-order chi connectivity index (χ0) is 35.0. The summed E-state index contributed by atoms with van der Waals surface area (Å²) in [5.74, 6) is -4.64. The van der Waals surface area contributed by atoms with Crippen molar-refractivity contribution in [3.8, 4) is 11.5 Å². The number of anilines is 1. The molecular formula is C33H35F7N2O6. The molecule has 2 aromatic rings. The minimum atomic E-state index is -5.09. The minimum Gasteiger partial charge on any atom is -0.496 e. The van der Waals surface area contributed by atoms with Gasteiger partial charge in [0.25, 0.3) is 5.91 Å². The van der Waals surface area contributed by atoms with Crippen molar-refractivity contribution in [2.45, 2.75) is 76.4 Å². The number of alkyl halides is 6. The minimum absolute atomic E-state index is 0.0290. The van der Waals surface area contributed by atoms with E-state index in [-0.39, 0.29) is 53.5 Å². The Morgan fingerprint density at radius 1 is 0.833 bits per heavy atom. The van der Waals surface area contributed by atoms with Gasteiger partial charge in [0.15, 0.2) is 11.6 Å². The number of rotatable bonds is 9. The summed E-state index contributed by atoms with van der Waals surface area (Å²) in [5.41, 5.74) is -3.91. The van der Waals surface area contributed by atoms with Gasteiger partial charge in [-0.25, -0.2) is 4.39 Å². The zero-order valence-corrected chi connectivity index (χ0v) is 26.1. The molecule has 0 heterocycles. The van der Waals surface area contributed by atoms with E-state index in [0.717, 1.165) is 6.07 Å². The second-order valence-corrected chi connectivity index (χ2v) is 12.5. The third-order valence-electron chi connectivity index (χ3n) is 9.46. The maximum absolute atomic E-state index is 15.0. The van der Waals surface area contributed by atoms with Crippen LogP contribution in [0.5, 0.6) is 11.5 Å². The summed E-state index contributed by atoms with van der Waals surface area (Å²) < 4.78 is 112. The largest absolute Gasteiger partial charge is 0.496 e. The van der Waals surface area contributed by atoms with Crippen LogP contribution >= 0.6 is 0 Å². The first kappa shape index (κ1) is 35.3. The first-order valence-electron chi connectivity index (χ1n) is 15.7. The van der Waals surface area contributed by atoms with E-state index < -0.39 is 64.9 Å². The van der Waals surface area contributed by atoms with Crippen LogP contribution in [0.25, 0.3) is 0 Å². The Kier molecular flexibility index (Phi) is 10.2. The molecule has 4 atom stereocenters. The fraction of sp³-hybridized carbons (Fsp3) is 0.545. The van der Waals surface area contributed by atoms with E-state index >= 15 is 4.39 Å². The van der Waals surface area contributed by atoms with Gasteiger partial charge in [0.05, 0.1) is 48.3 Å². The zero-order valence-electron chi connectivity index (χ0n) is 26.1. The van der Waals surface area contributed by atoms with Crippen LogP contribution in [0.15, 0.2) is 30.3 Å². The first-order valence-corrected chi connectivity index (χ1v) is 15.7.